The molecule has 5 heteroatoms. The number of amides is 1. The summed E-state index contributed by atoms with van der Waals surface area (Å²) < 4.78 is 5.11. The van der Waals surface area contributed by atoms with Gasteiger partial charge in [0.1, 0.15) is 5.75 Å². The number of oxime groups is 1. The standard InChI is InChI=1S/C20H28N2O3/c1-19(2)9-16-10-20(3,13-19)14-22(16)18(23)12-25-21-11-15-5-7-17(24-4)8-6-15/h5-8,11,16H,9-10,12-14H2,1-4H3/b21-11-/t16-,20+/m1/s1. The summed E-state index contributed by atoms with van der Waals surface area (Å²) >= 11 is 0. The number of ether oxygens (including phenoxy) is 1. The van der Waals surface area contributed by atoms with E-state index in [1.807, 2.05) is 29.2 Å². The van der Waals surface area contributed by atoms with Gasteiger partial charge in [0.2, 0.25) is 0 Å². The summed E-state index contributed by atoms with van der Waals surface area (Å²) in [5.41, 5.74) is 1.45. The first-order chi connectivity index (χ1) is 11.8. The van der Waals surface area contributed by atoms with Crippen LogP contribution in [0.2, 0.25) is 0 Å². The molecule has 0 spiro atoms. The highest BCUT2D eigenvalue weighted by molar-refractivity contribution is 5.80. The average molecular weight is 344 g/mol. The maximum Gasteiger partial charge on any atom is 0.263 e. The van der Waals surface area contributed by atoms with E-state index in [1.165, 1.54) is 6.42 Å². The number of rotatable bonds is 5. The third kappa shape index (κ3) is 4.14. The third-order valence-electron chi connectivity index (χ3n) is 5.32. The van der Waals surface area contributed by atoms with Crippen LogP contribution >= 0.6 is 0 Å². The molecule has 1 aliphatic carbocycles. The van der Waals surface area contributed by atoms with Gasteiger partial charge in [-0.3, -0.25) is 4.79 Å². The Balaban J connectivity index is 1.52. The zero-order valence-electron chi connectivity index (χ0n) is 15.6. The van der Waals surface area contributed by atoms with Crippen LogP contribution in [0.15, 0.2) is 29.4 Å². The Kier molecular flexibility index (Phi) is 4.76. The van der Waals surface area contributed by atoms with Crippen molar-refractivity contribution in [1.29, 1.82) is 0 Å². The molecule has 0 radical (unpaired) electrons. The van der Waals surface area contributed by atoms with Crippen molar-refractivity contribution in [2.75, 3.05) is 20.3 Å². The highest BCUT2D eigenvalue weighted by atomic mass is 16.6. The van der Waals surface area contributed by atoms with Gasteiger partial charge in [0, 0.05) is 12.6 Å². The van der Waals surface area contributed by atoms with Crippen molar-refractivity contribution < 1.29 is 14.4 Å². The summed E-state index contributed by atoms with van der Waals surface area (Å²) in [5, 5.41) is 3.93. The summed E-state index contributed by atoms with van der Waals surface area (Å²) in [6.45, 7) is 7.75. The molecular weight excluding hydrogens is 316 g/mol. The van der Waals surface area contributed by atoms with Gasteiger partial charge in [0.25, 0.3) is 5.91 Å². The van der Waals surface area contributed by atoms with E-state index in [-0.39, 0.29) is 17.9 Å². The number of methoxy groups -OCH3 is 1. The monoisotopic (exact) mass is 344 g/mol. The predicted octanol–water partition coefficient (Wildman–Crippen LogP) is 3.47. The first-order valence-corrected chi connectivity index (χ1v) is 8.89. The molecule has 1 saturated carbocycles. The van der Waals surface area contributed by atoms with E-state index in [1.54, 1.807) is 13.3 Å². The van der Waals surface area contributed by atoms with Crippen LogP contribution in [-0.4, -0.2) is 43.3 Å². The average Bonchev–Trinajstić information content (AvgIpc) is 2.81. The van der Waals surface area contributed by atoms with Gasteiger partial charge in [-0.1, -0.05) is 25.9 Å². The van der Waals surface area contributed by atoms with Gasteiger partial charge < -0.3 is 14.5 Å². The highest BCUT2D eigenvalue weighted by Crippen LogP contribution is 2.52. The van der Waals surface area contributed by atoms with Gasteiger partial charge in [0.15, 0.2) is 6.61 Å². The summed E-state index contributed by atoms with van der Waals surface area (Å²) in [5.74, 6) is 0.836. The minimum absolute atomic E-state index is 0.000334. The van der Waals surface area contributed by atoms with Crippen molar-refractivity contribution in [3.05, 3.63) is 29.8 Å². The van der Waals surface area contributed by atoms with Gasteiger partial charge in [-0.25, -0.2) is 0 Å². The van der Waals surface area contributed by atoms with Crippen molar-refractivity contribution in [2.24, 2.45) is 16.0 Å². The van der Waals surface area contributed by atoms with Crippen molar-refractivity contribution >= 4 is 12.1 Å². The molecule has 1 saturated heterocycles. The quantitative estimate of drug-likeness (QED) is 0.607. The van der Waals surface area contributed by atoms with Crippen LogP contribution in [0.1, 0.15) is 45.6 Å². The topological polar surface area (TPSA) is 51.1 Å². The number of carbonyl (C=O) groups is 1. The smallest absolute Gasteiger partial charge is 0.263 e. The number of benzene rings is 1. The molecule has 1 heterocycles. The Morgan fingerprint density at radius 3 is 2.68 bits per heavy atom. The molecular formula is C20H28N2O3. The first-order valence-electron chi connectivity index (χ1n) is 8.89. The van der Waals surface area contributed by atoms with Crippen LogP contribution in [0.5, 0.6) is 5.75 Å². The van der Waals surface area contributed by atoms with E-state index in [0.29, 0.717) is 11.5 Å². The summed E-state index contributed by atoms with van der Waals surface area (Å²) in [6.07, 6.45) is 4.97. The van der Waals surface area contributed by atoms with E-state index < -0.39 is 0 Å². The Bertz CT molecular complexity index is 653. The lowest BCUT2D eigenvalue weighted by molar-refractivity contribution is -0.137. The first kappa shape index (κ1) is 17.8. The Hall–Kier alpha value is -2.04. The summed E-state index contributed by atoms with van der Waals surface area (Å²) in [4.78, 5) is 19.8. The van der Waals surface area contributed by atoms with Gasteiger partial charge in [-0.2, -0.15) is 0 Å². The molecule has 136 valence electrons. The van der Waals surface area contributed by atoms with Crippen molar-refractivity contribution in [3.63, 3.8) is 0 Å². The fraction of sp³-hybridized carbons (Fsp3) is 0.600. The lowest BCUT2D eigenvalue weighted by Crippen LogP contribution is -2.39. The van der Waals surface area contributed by atoms with Crippen LogP contribution in [0.25, 0.3) is 0 Å². The third-order valence-corrected chi connectivity index (χ3v) is 5.32. The molecule has 5 nitrogen and oxygen atoms in total. The van der Waals surface area contributed by atoms with E-state index >= 15 is 0 Å². The molecule has 2 atom stereocenters. The fourth-order valence-corrected chi connectivity index (χ4v) is 4.72. The molecule has 2 fully saturated rings. The van der Waals surface area contributed by atoms with Crippen LogP contribution in [0.4, 0.5) is 0 Å². The van der Waals surface area contributed by atoms with Crippen LogP contribution < -0.4 is 4.74 Å². The minimum atomic E-state index is -0.000334. The maximum atomic E-state index is 12.5. The zero-order chi connectivity index (χ0) is 18.1. The van der Waals surface area contributed by atoms with E-state index in [2.05, 4.69) is 25.9 Å². The Morgan fingerprint density at radius 2 is 2.00 bits per heavy atom. The van der Waals surface area contributed by atoms with Crippen molar-refractivity contribution in [1.82, 2.24) is 4.90 Å². The SMILES string of the molecule is COc1ccc(/C=N\OCC(=O)N2C[C@@]3(C)C[C@H]2CC(C)(C)C3)cc1. The Labute approximate surface area is 150 Å². The second-order valence-corrected chi connectivity index (χ2v) is 8.52. The number of carbonyl (C=O) groups excluding carboxylic acids is 1. The number of fused-ring (bicyclic) bond motifs is 2. The number of likely N-dealkylation sites (tertiary alicyclic amines) is 1. The van der Waals surface area contributed by atoms with Crippen molar-refractivity contribution in [2.45, 2.75) is 46.1 Å². The fourth-order valence-electron chi connectivity index (χ4n) is 4.72. The van der Waals surface area contributed by atoms with Crippen LogP contribution in [-0.2, 0) is 9.63 Å². The number of hydrogen-bond acceptors (Lipinski definition) is 4. The van der Waals surface area contributed by atoms with Crippen LogP contribution in [0.3, 0.4) is 0 Å². The van der Waals surface area contributed by atoms with Gasteiger partial charge in [-0.15, -0.1) is 0 Å². The van der Waals surface area contributed by atoms with Crippen molar-refractivity contribution in [3.8, 4) is 5.75 Å². The predicted molar refractivity (Wildman–Crippen MR) is 97.8 cm³/mol. The lowest BCUT2D eigenvalue weighted by atomic mass is 9.65. The maximum absolute atomic E-state index is 12.5. The molecule has 1 aliphatic heterocycles. The lowest BCUT2D eigenvalue weighted by Gasteiger charge is -2.39. The van der Waals surface area contributed by atoms with E-state index in [0.717, 1.165) is 30.7 Å². The molecule has 2 bridgehead atoms. The molecule has 2 aliphatic rings. The molecule has 1 aromatic carbocycles. The van der Waals surface area contributed by atoms with Gasteiger partial charge in [0.05, 0.1) is 13.3 Å². The van der Waals surface area contributed by atoms with Gasteiger partial charge in [-0.05, 0) is 59.9 Å². The molecule has 0 aromatic heterocycles. The minimum Gasteiger partial charge on any atom is -0.497 e. The molecule has 1 aromatic rings. The normalized spacial score (nSPS) is 27.5. The molecule has 25 heavy (non-hydrogen) atoms. The largest absolute Gasteiger partial charge is 0.497 e. The van der Waals surface area contributed by atoms with Crippen LogP contribution in [0, 0.1) is 10.8 Å². The Morgan fingerprint density at radius 1 is 1.28 bits per heavy atom. The molecule has 0 N–H and O–H groups in total. The zero-order valence-corrected chi connectivity index (χ0v) is 15.6. The van der Waals surface area contributed by atoms with E-state index in [4.69, 9.17) is 9.57 Å². The van der Waals surface area contributed by atoms with E-state index in [9.17, 15) is 4.79 Å². The molecule has 3 rings (SSSR count). The number of nitrogens with zero attached hydrogens (tertiary/aromatic N) is 2. The number of hydrogen-bond donors (Lipinski definition) is 0. The highest BCUT2D eigenvalue weighted by Gasteiger charge is 2.50. The summed E-state index contributed by atoms with van der Waals surface area (Å²) in [7, 11) is 1.63. The molecule has 1 amide bonds. The second-order valence-electron chi connectivity index (χ2n) is 8.52. The summed E-state index contributed by atoms with van der Waals surface area (Å²) in [6, 6.07) is 7.84. The second kappa shape index (κ2) is 6.70. The van der Waals surface area contributed by atoms with Gasteiger partial charge >= 0.3 is 0 Å². The molecule has 0 unspecified atom stereocenters.